The molecule has 3 heterocycles. The fourth-order valence-electron chi connectivity index (χ4n) is 2.92. The molecule has 1 aliphatic rings. The van der Waals surface area contributed by atoms with Crippen LogP contribution in [0.2, 0.25) is 0 Å². The van der Waals surface area contributed by atoms with Gasteiger partial charge < -0.3 is 9.73 Å². The molecule has 2 aromatic heterocycles. The Bertz CT molecular complexity index is 837. The Morgan fingerprint density at radius 3 is 3.17 bits per heavy atom. The number of oxazole rings is 1. The number of aryl methyl sites for hydroxylation is 1. The van der Waals surface area contributed by atoms with Crippen molar-refractivity contribution in [2.45, 2.75) is 37.6 Å². The molecule has 6 nitrogen and oxygen atoms in total. The van der Waals surface area contributed by atoms with Crippen LogP contribution >= 0.6 is 11.8 Å². The number of para-hydroxylation sites is 2. The summed E-state index contributed by atoms with van der Waals surface area (Å²) >= 11 is 1.31. The van der Waals surface area contributed by atoms with Crippen LogP contribution in [0.5, 0.6) is 0 Å². The van der Waals surface area contributed by atoms with E-state index in [1.807, 2.05) is 30.5 Å². The summed E-state index contributed by atoms with van der Waals surface area (Å²) in [6.07, 6.45) is 5.29. The minimum Gasteiger partial charge on any atom is -0.431 e. The molecule has 7 heteroatoms. The molecule has 0 saturated carbocycles. The van der Waals surface area contributed by atoms with Crippen molar-refractivity contribution in [3.63, 3.8) is 0 Å². The van der Waals surface area contributed by atoms with Crippen molar-refractivity contribution in [3.05, 3.63) is 41.7 Å². The van der Waals surface area contributed by atoms with E-state index in [0.29, 0.717) is 11.8 Å². The van der Waals surface area contributed by atoms with Crippen LogP contribution < -0.4 is 5.32 Å². The van der Waals surface area contributed by atoms with Crippen LogP contribution in [0.4, 0.5) is 0 Å². The smallest absolute Gasteiger partial charge is 0.257 e. The number of rotatable bonds is 5. The van der Waals surface area contributed by atoms with E-state index < -0.39 is 0 Å². The van der Waals surface area contributed by atoms with Gasteiger partial charge in [0.2, 0.25) is 5.91 Å². The third kappa shape index (κ3) is 3.17. The van der Waals surface area contributed by atoms with E-state index >= 15 is 0 Å². The lowest BCUT2D eigenvalue weighted by Crippen LogP contribution is -2.25. The van der Waals surface area contributed by atoms with E-state index in [-0.39, 0.29) is 11.7 Å². The second kappa shape index (κ2) is 6.68. The summed E-state index contributed by atoms with van der Waals surface area (Å²) in [5.74, 6) is 0.258. The highest BCUT2D eigenvalue weighted by atomic mass is 32.2. The van der Waals surface area contributed by atoms with E-state index in [1.54, 1.807) is 0 Å². The van der Waals surface area contributed by atoms with E-state index in [9.17, 15) is 4.79 Å². The van der Waals surface area contributed by atoms with Gasteiger partial charge in [-0.1, -0.05) is 23.9 Å². The van der Waals surface area contributed by atoms with Crippen LogP contribution in [0.1, 0.15) is 24.1 Å². The molecular weight excluding hydrogens is 324 g/mol. The number of hydrogen-bond donors (Lipinski definition) is 1. The Kier molecular flexibility index (Phi) is 4.25. The number of carbonyl (C=O) groups is 1. The molecule has 0 unspecified atom stereocenters. The monoisotopic (exact) mass is 342 g/mol. The maximum Gasteiger partial charge on any atom is 0.257 e. The van der Waals surface area contributed by atoms with Gasteiger partial charge in [0.05, 0.1) is 11.9 Å². The molecule has 1 aliphatic heterocycles. The zero-order valence-corrected chi connectivity index (χ0v) is 14.0. The maximum atomic E-state index is 12.1. The predicted octanol–water partition coefficient (Wildman–Crippen LogP) is 2.77. The molecule has 3 aromatic rings. The first-order valence-corrected chi connectivity index (χ1v) is 9.07. The summed E-state index contributed by atoms with van der Waals surface area (Å²) < 4.78 is 7.66. The van der Waals surface area contributed by atoms with Crippen LogP contribution in [-0.2, 0) is 24.3 Å². The van der Waals surface area contributed by atoms with Gasteiger partial charge in [-0.2, -0.15) is 5.10 Å². The van der Waals surface area contributed by atoms with Gasteiger partial charge in [-0.3, -0.25) is 9.48 Å². The van der Waals surface area contributed by atoms with Crippen molar-refractivity contribution in [1.29, 1.82) is 0 Å². The Labute approximate surface area is 143 Å². The lowest BCUT2D eigenvalue weighted by Gasteiger charge is -2.14. The lowest BCUT2D eigenvalue weighted by atomic mass is 10.1. The number of carbonyl (C=O) groups excluding carboxylic acids is 1. The molecule has 0 bridgehead atoms. The molecule has 1 amide bonds. The molecule has 0 aliphatic carbocycles. The van der Waals surface area contributed by atoms with E-state index in [2.05, 4.69) is 20.1 Å². The summed E-state index contributed by atoms with van der Waals surface area (Å²) in [4.78, 5) is 16.4. The highest BCUT2D eigenvalue weighted by molar-refractivity contribution is 7.99. The largest absolute Gasteiger partial charge is 0.431 e. The van der Waals surface area contributed by atoms with Gasteiger partial charge in [-0.25, -0.2) is 4.98 Å². The second-order valence-corrected chi connectivity index (χ2v) is 6.74. The molecule has 4 rings (SSSR count). The fraction of sp³-hybridized carbons (Fsp3) is 0.353. The lowest BCUT2D eigenvalue weighted by molar-refractivity contribution is -0.118. The number of hydrogen-bond acceptors (Lipinski definition) is 5. The third-order valence-corrected chi connectivity index (χ3v) is 4.97. The first-order chi connectivity index (χ1) is 11.8. The number of thioether (sulfide) groups is 1. The normalized spacial score (nSPS) is 13.8. The molecule has 1 aromatic carbocycles. The average molecular weight is 342 g/mol. The van der Waals surface area contributed by atoms with E-state index in [1.165, 1.54) is 30.3 Å². The minimum atomic E-state index is -0.0296. The highest BCUT2D eigenvalue weighted by Gasteiger charge is 2.15. The van der Waals surface area contributed by atoms with Crippen molar-refractivity contribution >= 4 is 28.8 Å². The van der Waals surface area contributed by atoms with E-state index in [0.717, 1.165) is 29.6 Å². The summed E-state index contributed by atoms with van der Waals surface area (Å²) in [6.45, 7) is 1.51. The molecule has 124 valence electrons. The van der Waals surface area contributed by atoms with Crippen molar-refractivity contribution in [2.24, 2.45) is 0 Å². The maximum absolute atomic E-state index is 12.1. The van der Waals surface area contributed by atoms with Gasteiger partial charge >= 0.3 is 0 Å². The number of benzene rings is 1. The number of nitrogens with one attached hydrogen (secondary N) is 1. The van der Waals surface area contributed by atoms with Gasteiger partial charge in [0, 0.05) is 24.3 Å². The third-order valence-electron chi connectivity index (χ3n) is 4.15. The Morgan fingerprint density at radius 1 is 1.33 bits per heavy atom. The van der Waals surface area contributed by atoms with Crippen LogP contribution in [0, 0.1) is 0 Å². The molecule has 0 atom stereocenters. The molecular formula is C17H18N4O2S. The first-order valence-electron chi connectivity index (χ1n) is 8.08. The molecule has 24 heavy (non-hydrogen) atoms. The summed E-state index contributed by atoms with van der Waals surface area (Å²) in [5.41, 5.74) is 3.93. The van der Waals surface area contributed by atoms with Crippen molar-refractivity contribution < 1.29 is 9.21 Å². The van der Waals surface area contributed by atoms with Gasteiger partial charge in [-0.05, 0) is 31.4 Å². The fourth-order valence-corrected chi connectivity index (χ4v) is 3.59. The number of nitrogens with zero attached hydrogens (tertiary/aromatic N) is 3. The minimum absolute atomic E-state index is 0.0296. The Balaban J connectivity index is 1.31. The summed E-state index contributed by atoms with van der Waals surface area (Å²) in [6, 6.07) is 7.59. The number of fused-ring (bicyclic) bond motifs is 2. The van der Waals surface area contributed by atoms with Crippen molar-refractivity contribution in [1.82, 2.24) is 20.1 Å². The number of amides is 1. The van der Waals surface area contributed by atoms with Gasteiger partial charge in [0.1, 0.15) is 5.52 Å². The molecule has 0 spiro atoms. The Hall–Kier alpha value is -2.28. The van der Waals surface area contributed by atoms with Crippen molar-refractivity contribution in [3.8, 4) is 0 Å². The summed E-state index contributed by atoms with van der Waals surface area (Å²) in [5, 5.41) is 7.87. The number of aromatic nitrogens is 3. The zero-order valence-electron chi connectivity index (χ0n) is 13.2. The zero-order chi connectivity index (χ0) is 16.4. The van der Waals surface area contributed by atoms with Crippen molar-refractivity contribution in [2.75, 3.05) is 5.75 Å². The molecule has 0 radical (unpaired) electrons. The summed E-state index contributed by atoms with van der Waals surface area (Å²) in [7, 11) is 0. The predicted molar refractivity (Wildman–Crippen MR) is 91.7 cm³/mol. The van der Waals surface area contributed by atoms with Gasteiger partial charge in [0.25, 0.3) is 5.22 Å². The van der Waals surface area contributed by atoms with Gasteiger partial charge in [-0.15, -0.1) is 0 Å². The second-order valence-electron chi connectivity index (χ2n) is 5.81. The van der Waals surface area contributed by atoms with Crippen LogP contribution in [0.25, 0.3) is 11.1 Å². The highest BCUT2D eigenvalue weighted by Crippen LogP contribution is 2.23. The van der Waals surface area contributed by atoms with Crippen LogP contribution in [0.3, 0.4) is 0 Å². The topological polar surface area (TPSA) is 73.0 Å². The van der Waals surface area contributed by atoms with Crippen LogP contribution in [-0.4, -0.2) is 26.4 Å². The molecule has 0 fully saturated rings. The average Bonchev–Trinajstić information content (AvgIpc) is 3.21. The molecule has 1 N–H and O–H groups in total. The first kappa shape index (κ1) is 15.3. The van der Waals surface area contributed by atoms with Crippen LogP contribution in [0.15, 0.2) is 40.1 Å². The SMILES string of the molecule is O=C(CSc1nc2ccccc2o1)NCc1cnn2c1CCCC2. The Morgan fingerprint density at radius 2 is 2.25 bits per heavy atom. The quantitative estimate of drug-likeness (QED) is 0.722. The standard InChI is InChI=1S/C17H18N4O2S/c22-16(11-24-17-20-13-5-1-2-7-15(13)23-17)18-9-12-10-19-21-8-4-3-6-14(12)21/h1-2,5,7,10H,3-4,6,8-9,11H2,(H,18,22). The van der Waals surface area contributed by atoms with Gasteiger partial charge in [0.15, 0.2) is 5.58 Å². The molecule has 0 saturated heterocycles. The van der Waals surface area contributed by atoms with E-state index in [4.69, 9.17) is 4.42 Å².